The van der Waals surface area contributed by atoms with Gasteiger partial charge in [0.1, 0.15) is 22.8 Å². The molecule has 0 saturated carbocycles. The third-order valence-corrected chi connectivity index (χ3v) is 7.59. The number of piperidine rings is 1. The molecule has 4 heterocycles. The molecule has 43 heavy (non-hydrogen) atoms. The Labute approximate surface area is 253 Å². The minimum Gasteiger partial charge on any atom is -0.497 e. The van der Waals surface area contributed by atoms with Crippen molar-refractivity contribution in [3.63, 3.8) is 0 Å². The molecule has 0 aliphatic carbocycles. The number of nitrogens with zero attached hydrogens (tertiary/aromatic N) is 5. The van der Waals surface area contributed by atoms with Crippen molar-refractivity contribution in [2.45, 2.75) is 25.4 Å². The molecule has 12 heteroatoms. The zero-order chi connectivity index (χ0) is 29.6. The lowest BCUT2D eigenvalue weighted by molar-refractivity contribution is -0.118. The van der Waals surface area contributed by atoms with Gasteiger partial charge in [0.15, 0.2) is 18.1 Å². The second-order valence-corrected chi connectivity index (χ2v) is 10.7. The number of hydrogen-bond acceptors (Lipinski definition) is 9. The van der Waals surface area contributed by atoms with Gasteiger partial charge in [-0.15, -0.1) is 0 Å². The predicted octanol–water partition coefficient (Wildman–Crippen LogP) is 5.17. The standard InChI is InChI=1S/C31H31ClN8O3/c1-42-23-6-2-20(3-7-23)18-40-14-10-22(11-15-40)36-28-25(32)16-35-31-29(28)38-30(39-31)21-4-8-24(9-5-21)43-19-27(41)37-26-17-33-12-13-34-26/h2-9,12-13,16-17,22H,10-11,14-15,18-19H2,1H3,(H,34,37,41)(H2,35,36,38,39). The van der Waals surface area contributed by atoms with E-state index in [9.17, 15) is 4.79 Å². The number of aromatic amines is 1. The van der Waals surface area contributed by atoms with Crippen molar-refractivity contribution in [3.8, 4) is 22.9 Å². The number of halogens is 1. The Morgan fingerprint density at radius 1 is 1.02 bits per heavy atom. The molecule has 1 amide bonds. The van der Waals surface area contributed by atoms with Gasteiger partial charge in [-0.25, -0.2) is 15.0 Å². The second kappa shape index (κ2) is 13.1. The average molecular weight is 599 g/mol. The highest BCUT2D eigenvalue weighted by Crippen LogP contribution is 2.32. The number of likely N-dealkylation sites (tertiary alicyclic amines) is 1. The van der Waals surface area contributed by atoms with E-state index in [1.54, 1.807) is 25.4 Å². The highest BCUT2D eigenvalue weighted by atomic mass is 35.5. The molecule has 3 aromatic heterocycles. The van der Waals surface area contributed by atoms with Crippen LogP contribution < -0.4 is 20.1 Å². The van der Waals surface area contributed by atoms with Crippen molar-refractivity contribution >= 4 is 40.2 Å². The average Bonchev–Trinajstić information content (AvgIpc) is 3.48. The zero-order valence-electron chi connectivity index (χ0n) is 23.6. The number of fused-ring (bicyclic) bond motifs is 1. The summed E-state index contributed by atoms with van der Waals surface area (Å²) in [7, 11) is 1.68. The van der Waals surface area contributed by atoms with E-state index in [1.165, 1.54) is 24.2 Å². The van der Waals surface area contributed by atoms with Crippen LogP contribution >= 0.6 is 11.6 Å². The van der Waals surface area contributed by atoms with Gasteiger partial charge in [-0.2, -0.15) is 0 Å². The molecule has 220 valence electrons. The van der Waals surface area contributed by atoms with Crippen LogP contribution in [-0.2, 0) is 11.3 Å². The van der Waals surface area contributed by atoms with Crippen LogP contribution in [0.4, 0.5) is 11.5 Å². The Morgan fingerprint density at radius 3 is 2.51 bits per heavy atom. The number of methoxy groups -OCH3 is 1. The summed E-state index contributed by atoms with van der Waals surface area (Å²) in [4.78, 5) is 35.1. The van der Waals surface area contributed by atoms with Crippen molar-refractivity contribution in [2.75, 3.05) is 37.4 Å². The molecule has 0 spiro atoms. The first kappa shape index (κ1) is 28.4. The van der Waals surface area contributed by atoms with Gasteiger partial charge < -0.3 is 25.1 Å². The number of nitrogens with one attached hydrogen (secondary N) is 3. The molecule has 0 radical (unpaired) electrons. The number of anilines is 2. The smallest absolute Gasteiger partial charge is 0.263 e. The molecular weight excluding hydrogens is 568 g/mol. The lowest BCUT2D eigenvalue weighted by Crippen LogP contribution is -2.38. The van der Waals surface area contributed by atoms with E-state index in [4.69, 9.17) is 26.1 Å². The lowest BCUT2D eigenvalue weighted by atomic mass is 10.0. The summed E-state index contributed by atoms with van der Waals surface area (Å²) in [5.74, 6) is 2.13. The number of ether oxygens (including phenoxy) is 2. The van der Waals surface area contributed by atoms with Crippen LogP contribution in [0.3, 0.4) is 0 Å². The van der Waals surface area contributed by atoms with Gasteiger partial charge in [-0.1, -0.05) is 23.7 Å². The van der Waals surface area contributed by atoms with Crippen molar-refractivity contribution in [1.82, 2.24) is 29.8 Å². The molecule has 1 fully saturated rings. The molecule has 0 unspecified atom stereocenters. The maximum atomic E-state index is 12.1. The maximum absolute atomic E-state index is 12.1. The van der Waals surface area contributed by atoms with E-state index in [0.717, 1.165) is 55.0 Å². The van der Waals surface area contributed by atoms with E-state index in [2.05, 4.69) is 47.6 Å². The van der Waals surface area contributed by atoms with Crippen molar-refractivity contribution in [3.05, 3.63) is 83.9 Å². The summed E-state index contributed by atoms with van der Waals surface area (Å²) in [5, 5.41) is 6.84. The number of H-pyrrole nitrogens is 1. The first-order chi connectivity index (χ1) is 21.0. The third kappa shape index (κ3) is 7.02. The fourth-order valence-electron chi connectivity index (χ4n) is 5.04. The summed E-state index contributed by atoms with van der Waals surface area (Å²) in [6, 6.07) is 15.9. The Balaban J connectivity index is 1.06. The molecule has 2 aromatic carbocycles. The number of aromatic nitrogens is 5. The fraction of sp³-hybridized carbons (Fsp3) is 0.258. The van der Waals surface area contributed by atoms with Crippen LogP contribution in [0.1, 0.15) is 18.4 Å². The molecule has 5 aromatic rings. The second-order valence-electron chi connectivity index (χ2n) is 10.3. The Morgan fingerprint density at radius 2 is 1.79 bits per heavy atom. The molecule has 1 aliphatic rings. The predicted molar refractivity (Wildman–Crippen MR) is 165 cm³/mol. The summed E-state index contributed by atoms with van der Waals surface area (Å²) < 4.78 is 10.9. The number of pyridine rings is 1. The van der Waals surface area contributed by atoms with Crippen molar-refractivity contribution in [1.29, 1.82) is 0 Å². The van der Waals surface area contributed by atoms with Crippen molar-refractivity contribution in [2.24, 2.45) is 0 Å². The third-order valence-electron chi connectivity index (χ3n) is 7.30. The SMILES string of the molecule is COc1ccc(CN2CCC(Nc3c(Cl)cnc4nc(-c5ccc(OCC(=O)Nc6cnccn6)cc5)[nH]c34)CC2)cc1. The number of carbonyl (C=O) groups excluding carboxylic acids is 1. The minimum atomic E-state index is -0.326. The Kier molecular flexibility index (Phi) is 8.62. The van der Waals surface area contributed by atoms with Gasteiger partial charge in [0, 0.05) is 43.6 Å². The highest BCUT2D eigenvalue weighted by Gasteiger charge is 2.22. The summed E-state index contributed by atoms with van der Waals surface area (Å²) in [5.41, 5.74) is 4.29. The van der Waals surface area contributed by atoms with E-state index in [1.807, 2.05) is 24.3 Å². The molecule has 1 aliphatic heterocycles. The molecule has 3 N–H and O–H groups in total. The molecule has 0 bridgehead atoms. The van der Waals surface area contributed by atoms with E-state index >= 15 is 0 Å². The van der Waals surface area contributed by atoms with Gasteiger partial charge >= 0.3 is 0 Å². The highest BCUT2D eigenvalue weighted by molar-refractivity contribution is 6.34. The lowest BCUT2D eigenvalue weighted by Gasteiger charge is -2.33. The Hall–Kier alpha value is -4.74. The number of imidazole rings is 1. The van der Waals surface area contributed by atoms with Crippen LogP contribution in [0.5, 0.6) is 11.5 Å². The van der Waals surface area contributed by atoms with Crippen LogP contribution in [0.2, 0.25) is 5.02 Å². The van der Waals surface area contributed by atoms with Gasteiger partial charge in [-0.05, 0) is 54.8 Å². The van der Waals surface area contributed by atoms with Gasteiger partial charge in [0.2, 0.25) is 0 Å². The van der Waals surface area contributed by atoms with Crippen LogP contribution in [0.15, 0.2) is 73.3 Å². The van der Waals surface area contributed by atoms with Crippen LogP contribution in [-0.4, -0.2) is 68.6 Å². The van der Waals surface area contributed by atoms with Gasteiger partial charge in [0.25, 0.3) is 5.91 Å². The normalized spacial score (nSPS) is 14.0. The first-order valence-electron chi connectivity index (χ1n) is 14.0. The topological polar surface area (TPSA) is 130 Å². The number of benzene rings is 2. The fourth-order valence-corrected chi connectivity index (χ4v) is 5.24. The molecule has 6 rings (SSSR count). The summed E-state index contributed by atoms with van der Waals surface area (Å²) in [6.07, 6.45) is 8.14. The summed E-state index contributed by atoms with van der Waals surface area (Å²) >= 11 is 6.62. The van der Waals surface area contributed by atoms with Crippen LogP contribution in [0.25, 0.3) is 22.6 Å². The minimum absolute atomic E-state index is 0.154. The number of rotatable bonds is 10. The first-order valence-corrected chi connectivity index (χ1v) is 14.4. The van der Waals surface area contributed by atoms with E-state index < -0.39 is 0 Å². The molecule has 1 saturated heterocycles. The number of carbonyl (C=O) groups is 1. The Bertz CT molecular complexity index is 1670. The largest absolute Gasteiger partial charge is 0.497 e. The quantitative estimate of drug-likeness (QED) is 0.199. The number of amides is 1. The number of hydrogen-bond donors (Lipinski definition) is 3. The van der Waals surface area contributed by atoms with E-state index in [0.29, 0.717) is 28.1 Å². The molecule has 11 nitrogen and oxygen atoms in total. The van der Waals surface area contributed by atoms with Crippen molar-refractivity contribution < 1.29 is 14.3 Å². The monoisotopic (exact) mass is 598 g/mol. The zero-order valence-corrected chi connectivity index (χ0v) is 24.3. The maximum Gasteiger partial charge on any atom is 0.263 e. The van der Waals surface area contributed by atoms with Gasteiger partial charge in [-0.3, -0.25) is 14.7 Å². The molecular formula is C31H31ClN8O3. The van der Waals surface area contributed by atoms with Crippen LogP contribution in [0, 0.1) is 0 Å². The van der Waals surface area contributed by atoms with E-state index in [-0.39, 0.29) is 18.6 Å². The molecule has 0 atom stereocenters. The van der Waals surface area contributed by atoms with Gasteiger partial charge in [0.05, 0.1) is 30.2 Å². The summed E-state index contributed by atoms with van der Waals surface area (Å²) in [6.45, 7) is 2.74.